The molecule has 0 fully saturated rings. The molecule has 1 atom stereocenters. The van der Waals surface area contributed by atoms with Crippen LogP contribution in [0.25, 0.3) is 0 Å². The molecule has 0 aliphatic heterocycles. The van der Waals surface area contributed by atoms with Crippen molar-refractivity contribution in [3.8, 4) is 0 Å². The Morgan fingerprint density at radius 3 is 2.25 bits per heavy atom. The van der Waals surface area contributed by atoms with E-state index in [2.05, 4.69) is 0 Å². The molecule has 0 aliphatic rings. The third-order valence-electron chi connectivity index (χ3n) is 1.46. The summed E-state index contributed by atoms with van der Waals surface area (Å²) in [5.41, 5.74) is 0. The van der Waals surface area contributed by atoms with Gasteiger partial charge in [-0.05, 0) is 6.42 Å². The van der Waals surface area contributed by atoms with Crippen LogP contribution in [0.1, 0.15) is 26.2 Å². The number of rotatable bonds is 5. The highest BCUT2D eigenvalue weighted by molar-refractivity contribution is 5.87. The van der Waals surface area contributed by atoms with E-state index in [1.807, 2.05) is 6.92 Å². The van der Waals surface area contributed by atoms with Crippen molar-refractivity contribution < 1.29 is 25.2 Å². The number of unbranched alkanes of at least 4 members (excludes halogenated alkanes) is 1. The number of carbonyl (C=O) groups is 1. The summed E-state index contributed by atoms with van der Waals surface area (Å²) in [5, 5.41) is 34.0. The Kier molecular flexibility index (Phi) is 4.33. The van der Waals surface area contributed by atoms with Crippen molar-refractivity contribution >= 4 is 5.78 Å². The number of carbonyl (C=O) groups excluding carboxylic acids is 1. The summed E-state index contributed by atoms with van der Waals surface area (Å²) in [6, 6.07) is 0. The van der Waals surface area contributed by atoms with E-state index >= 15 is 0 Å². The van der Waals surface area contributed by atoms with Crippen molar-refractivity contribution in [2.24, 2.45) is 0 Å². The summed E-state index contributed by atoms with van der Waals surface area (Å²) < 4.78 is 0. The molecule has 0 aromatic carbocycles. The minimum absolute atomic E-state index is 0.124. The molecule has 12 heavy (non-hydrogen) atoms. The zero-order valence-electron chi connectivity index (χ0n) is 6.90. The van der Waals surface area contributed by atoms with E-state index in [0.29, 0.717) is 6.42 Å². The van der Waals surface area contributed by atoms with E-state index in [1.54, 1.807) is 0 Å². The second kappa shape index (κ2) is 4.51. The molecular weight excluding hydrogens is 164 g/mol. The first kappa shape index (κ1) is 11.5. The number of Topliss-reactive ketones (excluding diaryl/α,β-unsaturated/α-hetero) is 1. The maximum absolute atomic E-state index is 10.7. The van der Waals surface area contributed by atoms with Crippen molar-refractivity contribution in [2.75, 3.05) is 0 Å². The Bertz CT molecular complexity index is 148. The van der Waals surface area contributed by atoms with E-state index < -0.39 is 17.9 Å². The molecule has 5 heteroatoms. The number of ketones is 1. The number of hydrogen-bond donors (Lipinski definition) is 4. The van der Waals surface area contributed by atoms with Gasteiger partial charge in [-0.1, -0.05) is 19.8 Å². The van der Waals surface area contributed by atoms with Gasteiger partial charge in [-0.3, -0.25) is 4.79 Å². The lowest BCUT2D eigenvalue weighted by Crippen LogP contribution is -2.44. The molecule has 0 amide bonds. The Labute approximate surface area is 70.3 Å². The zero-order valence-corrected chi connectivity index (χ0v) is 6.90. The lowest BCUT2D eigenvalue weighted by molar-refractivity contribution is -0.291. The quantitative estimate of drug-likeness (QED) is 0.394. The van der Waals surface area contributed by atoms with E-state index in [4.69, 9.17) is 20.4 Å². The maximum atomic E-state index is 10.7. The van der Waals surface area contributed by atoms with Gasteiger partial charge in [0.1, 0.15) is 6.10 Å². The Morgan fingerprint density at radius 2 is 1.92 bits per heavy atom. The highest BCUT2D eigenvalue weighted by Gasteiger charge is 2.35. The Balaban J connectivity index is 3.94. The SMILES string of the molecule is CCCCC(O)C(=O)C(O)(O)O. The largest absolute Gasteiger partial charge is 0.385 e. The van der Waals surface area contributed by atoms with Gasteiger partial charge in [0, 0.05) is 0 Å². The van der Waals surface area contributed by atoms with Crippen LogP contribution in [0.5, 0.6) is 0 Å². The van der Waals surface area contributed by atoms with Crippen LogP contribution in [0.15, 0.2) is 0 Å². The minimum atomic E-state index is -3.41. The molecular formula is C7H14O5. The van der Waals surface area contributed by atoms with Crippen LogP contribution in [0.2, 0.25) is 0 Å². The predicted molar refractivity (Wildman–Crippen MR) is 39.9 cm³/mol. The maximum Gasteiger partial charge on any atom is 0.341 e. The summed E-state index contributed by atoms with van der Waals surface area (Å²) in [4.78, 5) is 10.7. The van der Waals surface area contributed by atoms with Crippen LogP contribution in [0, 0.1) is 0 Å². The van der Waals surface area contributed by atoms with Gasteiger partial charge in [0.2, 0.25) is 5.78 Å². The van der Waals surface area contributed by atoms with Crippen LogP contribution < -0.4 is 0 Å². The third kappa shape index (κ3) is 3.77. The van der Waals surface area contributed by atoms with Gasteiger partial charge < -0.3 is 20.4 Å². The highest BCUT2D eigenvalue weighted by Crippen LogP contribution is 2.07. The molecule has 1 unspecified atom stereocenters. The van der Waals surface area contributed by atoms with Gasteiger partial charge in [0.05, 0.1) is 0 Å². The molecule has 0 heterocycles. The van der Waals surface area contributed by atoms with Gasteiger partial charge in [-0.15, -0.1) is 0 Å². The third-order valence-corrected chi connectivity index (χ3v) is 1.46. The molecule has 0 aromatic rings. The lowest BCUT2D eigenvalue weighted by Gasteiger charge is -2.16. The number of hydrogen-bond acceptors (Lipinski definition) is 5. The van der Waals surface area contributed by atoms with Crippen molar-refractivity contribution in [1.82, 2.24) is 0 Å². The molecule has 4 N–H and O–H groups in total. The summed E-state index contributed by atoms with van der Waals surface area (Å²) >= 11 is 0. The highest BCUT2D eigenvalue weighted by atomic mass is 16.7. The van der Waals surface area contributed by atoms with Gasteiger partial charge in [0.15, 0.2) is 0 Å². The molecule has 5 nitrogen and oxygen atoms in total. The molecule has 0 aromatic heterocycles. The van der Waals surface area contributed by atoms with Gasteiger partial charge in [-0.2, -0.15) is 0 Å². The predicted octanol–water partition coefficient (Wildman–Crippen LogP) is -1.26. The first-order valence-corrected chi connectivity index (χ1v) is 3.79. The van der Waals surface area contributed by atoms with Crippen LogP contribution in [-0.2, 0) is 4.79 Å². The first-order valence-electron chi connectivity index (χ1n) is 3.79. The van der Waals surface area contributed by atoms with Crippen LogP contribution in [0.3, 0.4) is 0 Å². The fourth-order valence-corrected chi connectivity index (χ4v) is 0.752. The fraction of sp³-hybridized carbons (Fsp3) is 0.857. The molecule has 0 aliphatic carbocycles. The van der Waals surface area contributed by atoms with E-state index in [1.165, 1.54) is 0 Å². The van der Waals surface area contributed by atoms with Crippen molar-refractivity contribution in [3.05, 3.63) is 0 Å². The molecule has 0 saturated heterocycles. The number of aliphatic hydroxyl groups excluding tert-OH is 1. The standard InChI is InChI=1S/C7H14O5/c1-2-3-4-5(8)6(9)7(10,11)12/h5,8,10-12H,2-4H2,1H3. The van der Waals surface area contributed by atoms with Gasteiger partial charge in [0.25, 0.3) is 0 Å². The van der Waals surface area contributed by atoms with Crippen molar-refractivity contribution in [2.45, 2.75) is 38.3 Å². The second-order valence-corrected chi connectivity index (χ2v) is 2.66. The average Bonchev–Trinajstić information content (AvgIpc) is 1.97. The zero-order chi connectivity index (χ0) is 9.78. The van der Waals surface area contributed by atoms with E-state index in [9.17, 15) is 4.79 Å². The van der Waals surface area contributed by atoms with Crippen LogP contribution in [0.4, 0.5) is 0 Å². The van der Waals surface area contributed by atoms with Gasteiger partial charge >= 0.3 is 5.97 Å². The average molecular weight is 178 g/mol. The molecule has 72 valence electrons. The Morgan fingerprint density at radius 1 is 1.42 bits per heavy atom. The summed E-state index contributed by atoms with van der Waals surface area (Å²) in [6.07, 6.45) is -0.0218. The number of aliphatic hydroxyl groups is 4. The minimum Gasteiger partial charge on any atom is -0.385 e. The van der Waals surface area contributed by atoms with Crippen LogP contribution >= 0.6 is 0 Å². The van der Waals surface area contributed by atoms with Crippen LogP contribution in [-0.4, -0.2) is 38.3 Å². The molecule has 0 saturated carbocycles. The second-order valence-electron chi connectivity index (χ2n) is 2.66. The Hall–Kier alpha value is -0.490. The summed E-state index contributed by atoms with van der Waals surface area (Å²) in [7, 11) is 0. The van der Waals surface area contributed by atoms with Crippen molar-refractivity contribution in [1.29, 1.82) is 0 Å². The molecule has 0 spiro atoms. The van der Waals surface area contributed by atoms with Crippen molar-refractivity contribution in [3.63, 3.8) is 0 Å². The summed E-state index contributed by atoms with van der Waals surface area (Å²) in [6.45, 7) is 1.86. The van der Waals surface area contributed by atoms with E-state index in [-0.39, 0.29) is 6.42 Å². The fourth-order valence-electron chi connectivity index (χ4n) is 0.752. The summed E-state index contributed by atoms with van der Waals surface area (Å²) in [5.74, 6) is -4.79. The molecule has 0 radical (unpaired) electrons. The van der Waals surface area contributed by atoms with E-state index in [0.717, 1.165) is 6.42 Å². The first-order chi connectivity index (χ1) is 5.39. The monoisotopic (exact) mass is 178 g/mol. The molecule has 0 bridgehead atoms. The smallest absolute Gasteiger partial charge is 0.341 e. The normalized spacial score (nSPS) is 14.4. The van der Waals surface area contributed by atoms with Gasteiger partial charge in [-0.25, -0.2) is 0 Å². The topological polar surface area (TPSA) is 98.0 Å². The lowest BCUT2D eigenvalue weighted by atomic mass is 10.1. The molecule has 0 rings (SSSR count).